The topological polar surface area (TPSA) is 38.7 Å². The lowest BCUT2D eigenvalue weighted by molar-refractivity contribution is -0.137. The molecule has 0 fully saturated rings. The number of alkyl halides is 3. The number of nitrogens with zero attached hydrogens (tertiary/aromatic N) is 1. The van der Waals surface area contributed by atoms with E-state index < -0.39 is 17.7 Å². The Labute approximate surface area is 125 Å². The van der Waals surface area contributed by atoms with Gasteiger partial charge in [-0.3, -0.25) is 4.99 Å². The van der Waals surface area contributed by atoms with Crippen molar-refractivity contribution < 1.29 is 22.7 Å². The molecule has 0 spiro atoms. The van der Waals surface area contributed by atoms with Crippen molar-refractivity contribution in [2.45, 2.75) is 6.18 Å². The molecule has 0 aromatic heterocycles. The second-order valence-corrected chi connectivity index (χ2v) is 4.42. The molecule has 2 rings (SSSR count). The van der Waals surface area contributed by atoms with Crippen LogP contribution in [0.25, 0.3) is 0 Å². The number of carbonyl (C=O) groups is 1. The minimum atomic E-state index is -4.36. The Morgan fingerprint density at radius 1 is 1.05 bits per heavy atom. The summed E-state index contributed by atoms with van der Waals surface area (Å²) >= 11 is 0. The van der Waals surface area contributed by atoms with Gasteiger partial charge in [0.1, 0.15) is 0 Å². The third-order valence-corrected chi connectivity index (χ3v) is 2.89. The SMILES string of the molecule is COC(=O)c1ccc(C=Nc2ccc(C(F)(F)F)cc2)cc1. The van der Waals surface area contributed by atoms with Crippen LogP contribution in [-0.2, 0) is 10.9 Å². The van der Waals surface area contributed by atoms with Crippen molar-refractivity contribution in [1.82, 2.24) is 0 Å². The van der Waals surface area contributed by atoms with Crippen molar-refractivity contribution in [3.63, 3.8) is 0 Å². The lowest BCUT2D eigenvalue weighted by Gasteiger charge is -2.05. The van der Waals surface area contributed by atoms with Crippen molar-refractivity contribution in [1.29, 1.82) is 0 Å². The van der Waals surface area contributed by atoms with Gasteiger partial charge in [-0.15, -0.1) is 0 Å². The molecular formula is C16H12F3NO2. The molecule has 0 radical (unpaired) electrons. The lowest BCUT2D eigenvalue weighted by atomic mass is 10.1. The Kier molecular flexibility index (Phi) is 4.60. The zero-order valence-electron chi connectivity index (χ0n) is 11.6. The summed E-state index contributed by atoms with van der Waals surface area (Å²) in [5, 5.41) is 0. The predicted octanol–water partition coefficient (Wildman–Crippen LogP) is 4.24. The van der Waals surface area contributed by atoms with Crippen LogP contribution in [0.2, 0.25) is 0 Å². The largest absolute Gasteiger partial charge is 0.465 e. The van der Waals surface area contributed by atoms with E-state index in [0.29, 0.717) is 16.8 Å². The number of benzene rings is 2. The summed E-state index contributed by atoms with van der Waals surface area (Å²) in [5.74, 6) is -0.439. The molecule has 3 nitrogen and oxygen atoms in total. The van der Waals surface area contributed by atoms with Gasteiger partial charge in [-0.1, -0.05) is 12.1 Å². The molecular weight excluding hydrogens is 295 g/mol. The smallest absolute Gasteiger partial charge is 0.416 e. The molecule has 0 bridgehead atoms. The number of esters is 1. The molecule has 114 valence electrons. The van der Waals surface area contributed by atoms with E-state index in [1.807, 2.05) is 0 Å². The maximum absolute atomic E-state index is 12.4. The van der Waals surface area contributed by atoms with Crippen molar-refractivity contribution >= 4 is 17.9 Å². The van der Waals surface area contributed by atoms with Gasteiger partial charge in [0.05, 0.1) is 23.9 Å². The average Bonchev–Trinajstić information content (AvgIpc) is 2.52. The van der Waals surface area contributed by atoms with Gasteiger partial charge in [-0.25, -0.2) is 4.79 Å². The van der Waals surface area contributed by atoms with E-state index in [-0.39, 0.29) is 0 Å². The van der Waals surface area contributed by atoms with E-state index in [0.717, 1.165) is 12.1 Å². The van der Waals surface area contributed by atoms with Gasteiger partial charge in [0.15, 0.2) is 0 Å². The Morgan fingerprint density at radius 2 is 1.64 bits per heavy atom. The quantitative estimate of drug-likeness (QED) is 0.628. The Morgan fingerprint density at radius 3 is 2.14 bits per heavy atom. The first-order valence-corrected chi connectivity index (χ1v) is 6.30. The number of aliphatic imine (C=N–C) groups is 1. The second-order valence-electron chi connectivity index (χ2n) is 4.42. The summed E-state index contributed by atoms with van der Waals surface area (Å²) in [7, 11) is 1.29. The molecule has 0 aliphatic carbocycles. The van der Waals surface area contributed by atoms with Crippen molar-refractivity contribution in [2.24, 2.45) is 4.99 Å². The predicted molar refractivity (Wildman–Crippen MR) is 76.5 cm³/mol. The average molecular weight is 307 g/mol. The van der Waals surface area contributed by atoms with Crippen LogP contribution in [-0.4, -0.2) is 19.3 Å². The summed E-state index contributed by atoms with van der Waals surface area (Å²) < 4.78 is 41.9. The van der Waals surface area contributed by atoms with Crippen LogP contribution in [0.15, 0.2) is 53.5 Å². The zero-order chi connectivity index (χ0) is 16.2. The molecule has 6 heteroatoms. The normalized spacial score (nSPS) is 11.6. The molecule has 22 heavy (non-hydrogen) atoms. The minimum Gasteiger partial charge on any atom is -0.465 e. The summed E-state index contributed by atoms with van der Waals surface area (Å²) in [6, 6.07) is 11.0. The van der Waals surface area contributed by atoms with Gasteiger partial charge in [-0.05, 0) is 42.0 Å². The molecule has 0 aliphatic rings. The van der Waals surface area contributed by atoms with Gasteiger partial charge < -0.3 is 4.74 Å². The van der Waals surface area contributed by atoms with Crippen molar-refractivity contribution in [3.05, 3.63) is 65.2 Å². The molecule has 0 heterocycles. The highest BCUT2D eigenvalue weighted by molar-refractivity contribution is 5.90. The molecule has 0 N–H and O–H groups in total. The van der Waals surface area contributed by atoms with Crippen LogP contribution < -0.4 is 0 Å². The van der Waals surface area contributed by atoms with Gasteiger partial charge in [0.25, 0.3) is 0 Å². The van der Waals surface area contributed by atoms with Crippen molar-refractivity contribution in [2.75, 3.05) is 7.11 Å². The van der Waals surface area contributed by atoms with Crippen LogP contribution in [0, 0.1) is 0 Å². The number of rotatable bonds is 3. The Balaban J connectivity index is 2.10. The van der Waals surface area contributed by atoms with E-state index in [4.69, 9.17) is 0 Å². The molecule has 0 unspecified atom stereocenters. The van der Waals surface area contributed by atoms with Gasteiger partial charge in [0, 0.05) is 6.21 Å². The number of carbonyl (C=O) groups excluding carboxylic acids is 1. The standard InChI is InChI=1S/C16H12F3NO2/c1-22-15(21)12-4-2-11(3-5-12)10-20-14-8-6-13(7-9-14)16(17,18)19/h2-10H,1H3. The Bertz CT molecular complexity index is 674. The molecule has 0 aliphatic heterocycles. The summed E-state index contributed by atoms with van der Waals surface area (Å²) in [6.45, 7) is 0. The van der Waals surface area contributed by atoms with E-state index in [2.05, 4.69) is 9.73 Å². The first-order chi connectivity index (χ1) is 10.4. The number of hydrogen-bond donors (Lipinski definition) is 0. The monoisotopic (exact) mass is 307 g/mol. The third kappa shape index (κ3) is 3.94. The molecule has 0 atom stereocenters. The molecule has 2 aromatic carbocycles. The fourth-order valence-electron chi connectivity index (χ4n) is 1.71. The maximum atomic E-state index is 12.4. The van der Waals surface area contributed by atoms with E-state index in [9.17, 15) is 18.0 Å². The highest BCUT2D eigenvalue weighted by Crippen LogP contribution is 2.30. The van der Waals surface area contributed by atoms with E-state index in [1.54, 1.807) is 24.3 Å². The highest BCUT2D eigenvalue weighted by atomic mass is 19.4. The van der Waals surface area contributed by atoms with Gasteiger partial charge in [0.2, 0.25) is 0 Å². The minimum absolute atomic E-state index is 0.407. The third-order valence-electron chi connectivity index (χ3n) is 2.89. The fourth-order valence-corrected chi connectivity index (χ4v) is 1.71. The van der Waals surface area contributed by atoms with E-state index in [1.165, 1.54) is 25.5 Å². The second kappa shape index (κ2) is 6.43. The highest BCUT2D eigenvalue weighted by Gasteiger charge is 2.29. The Hall–Kier alpha value is -2.63. The van der Waals surface area contributed by atoms with Crippen LogP contribution in [0.4, 0.5) is 18.9 Å². The number of ether oxygens (including phenoxy) is 1. The maximum Gasteiger partial charge on any atom is 0.416 e. The fraction of sp³-hybridized carbons (Fsp3) is 0.125. The van der Waals surface area contributed by atoms with Crippen LogP contribution in [0.5, 0.6) is 0 Å². The molecule has 0 saturated carbocycles. The summed E-state index contributed by atoms with van der Waals surface area (Å²) in [5.41, 5.74) is 0.820. The summed E-state index contributed by atoms with van der Waals surface area (Å²) in [6.07, 6.45) is -2.85. The molecule has 0 saturated heterocycles. The lowest BCUT2D eigenvalue weighted by Crippen LogP contribution is -2.03. The molecule has 0 amide bonds. The molecule has 2 aromatic rings. The van der Waals surface area contributed by atoms with Crippen LogP contribution in [0.1, 0.15) is 21.5 Å². The van der Waals surface area contributed by atoms with Crippen molar-refractivity contribution in [3.8, 4) is 0 Å². The first kappa shape index (κ1) is 15.8. The number of hydrogen-bond acceptors (Lipinski definition) is 3. The van der Waals surface area contributed by atoms with Crippen LogP contribution in [0.3, 0.4) is 0 Å². The van der Waals surface area contributed by atoms with Gasteiger partial charge >= 0.3 is 12.1 Å². The number of methoxy groups -OCH3 is 1. The summed E-state index contributed by atoms with van der Waals surface area (Å²) in [4.78, 5) is 15.4. The number of halogens is 3. The van der Waals surface area contributed by atoms with Gasteiger partial charge in [-0.2, -0.15) is 13.2 Å². The zero-order valence-corrected chi connectivity index (χ0v) is 11.6. The van der Waals surface area contributed by atoms with E-state index >= 15 is 0 Å². The first-order valence-electron chi connectivity index (χ1n) is 6.30. The van der Waals surface area contributed by atoms with Crippen LogP contribution >= 0.6 is 0 Å².